The number of halogens is 2. The van der Waals surface area contributed by atoms with Gasteiger partial charge in [0.1, 0.15) is 11.6 Å². The Labute approximate surface area is 183 Å². The Hall–Kier alpha value is -2.81. The van der Waals surface area contributed by atoms with Crippen LogP contribution in [0.15, 0.2) is 28.8 Å². The Balaban J connectivity index is 1.26. The van der Waals surface area contributed by atoms with E-state index in [0.717, 1.165) is 31.0 Å². The van der Waals surface area contributed by atoms with Gasteiger partial charge in [0.05, 0.1) is 11.5 Å². The van der Waals surface area contributed by atoms with Crippen molar-refractivity contribution in [2.45, 2.75) is 44.2 Å². The minimum absolute atomic E-state index is 0.00598. The molecule has 2 saturated carbocycles. The van der Waals surface area contributed by atoms with E-state index in [-0.39, 0.29) is 17.0 Å². The number of rotatable bonds is 5. The van der Waals surface area contributed by atoms with Crippen molar-refractivity contribution >= 4 is 11.9 Å². The molecule has 1 saturated heterocycles. The van der Waals surface area contributed by atoms with Gasteiger partial charge in [-0.25, -0.2) is 8.78 Å². The molecule has 3 fully saturated rings. The van der Waals surface area contributed by atoms with E-state index in [1.54, 1.807) is 0 Å². The fourth-order valence-electron chi connectivity index (χ4n) is 5.80. The van der Waals surface area contributed by atoms with Crippen LogP contribution in [0.1, 0.15) is 42.6 Å². The lowest BCUT2D eigenvalue weighted by Gasteiger charge is -2.42. The van der Waals surface area contributed by atoms with Crippen LogP contribution < -0.4 is 5.32 Å². The minimum Gasteiger partial charge on any atom is -0.481 e. The summed E-state index contributed by atoms with van der Waals surface area (Å²) in [6, 6.07) is 4.21. The molecule has 5 atom stereocenters. The maximum absolute atomic E-state index is 14.0. The summed E-state index contributed by atoms with van der Waals surface area (Å²) in [7, 11) is 0. The van der Waals surface area contributed by atoms with Crippen LogP contribution in [0.2, 0.25) is 0 Å². The van der Waals surface area contributed by atoms with Gasteiger partial charge in [-0.2, -0.15) is 0 Å². The maximum Gasteiger partial charge on any atom is 0.309 e. The number of carboxylic acid groups (broad SMARTS) is 1. The number of fused-ring (bicyclic) bond motifs is 2. The second kappa shape index (κ2) is 8.27. The number of aromatic nitrogens is 1. The molecule has 170 valence electrons. The molecule has 1 aromatic heterocycles. The van der Waals surface area contributed by atoms with E-state index in [9.17, 15) is 23.5 Å². The van der Waals surface area contributed by atoms with Gasteiger partial charge in [0, 0.05) is 37.3 Å². The molecule has 2 heterocycles. The molecule has 3 aliphatic rings. The van der Waals surface area contributed by atoms with Crippen molar-refractivity contribution in [2.75, 3.05) is 13.1 Å². The van der Waals surface area contributed by atoms with Crippen LogP contribution in [-0.2, 0) is 4.79 Å². The third kappa shape index (κ3) is 3.90. The number of carboxylic acids is 1. The lowest BCUT2D eigenvalue weighted by atomic mass is 9.87. The largest absolute Gasteiger partial charge is 0.481 e. The Morgan fingerprint density at radius 1 is 1.16 bits per heavy atom. The standard InChI is InChI=1S/C23H25F2N3O4/c24-14-3-4-15(17(25)9-14)21-10-19(27-32-21)22(29)26-18-5-6-28(11-16(18)23(30)31)20-8-12-1-2-13(20)7-12/h3-4,9-10,12-13,16,18,20H,1-2,5-8,11H2,(H,26,29)(H,30,31)/t12?,13?,16-,18-,20?/m1/s1. The first-order valence-electron chi connectivity index (χ1n) is 11.1. The van der Waals surface area contributed by atoms with E-state index in [2.05, 4.69) is 15.4 Å². The van der Waals surface area contributed by atoms with Crippen LogP contribution in [-0.4, -0.2) is 52.2 Å². The van der Waals surface area contributed by atoms with E-state index in [1.165, 1.54) is 31.4 Å². The SMILES string of the molecule is O=C(N[C@@H]1CCN(C2CC3CCC2C3)C[C@H]1C(=O)O)c1cc(-c2ccc(F)cc2F)on1. The molecular weight excluding hydrogens is 420 g/mol. The highest BCUT2D eigenvalue weighted by Gasteiger charge is 2.45. The van der Waals surface area contributed by atoms with E-state index in [0.29, 0.717) is 24.9 Å². The third-order valence-electron chi connectivity index (χ3n) is 7.39. The number of hydrogen-bond acceptors (Lipinski definition) is 5. The average molecular weight is 445 g/mol. The summed E-state index contributed by atoms with van der Waals surface area (Å²) in [4.78, 5) is 27.0. The summed E-state index contributed by atoms with van der Waals surface area (Å²) in [5.41, 5.74) is -0.0936. The zero-order chi connectivity index (χ0) is 22.4. The summed E-state index contributed by atoms with van der Waals surface area (Å²) in [6.45, 7) is 1.16. The number of piperidine rings is 1. The molecule has 5 rings (SSSR count). The average Bonchev–Trinajstić information content (AvgIpc) is 3.51. The molecule has 1 amide bonds. The van der Waals surface area contributed by atoms with Crippen molar-refractivity contribution in [3.63, 3.8) is 0 Å². The first kappa shape index (κ1) is 21.1. The zero-order valence-corrected chi connectivity index (χ0v) is 17.5. The van der Waals surface area contributed by atoms with Crippen molar-refractivity contribution in [2.24, 2.45) is 17.8 Å². The summed E-state index contributed by atoms with van der Waals surface area (Å²) in [6.07, 6.45) is 5.45. The highest BCUT2D eigenvalue weighted by atomic mass is 19.1. The van der Waals surface area contributed by atoms with E-state index < -0.39 is 35.5 Å². The third-order valence-corrected chi connectivity index (χ3v) is 7.39. The Morgan fingerprint density at radius 2 is 2.00 bits per heavy atom. The molecular formula is C23H25F2N3O4. The molecule has 32 heavy (non-hydrogen) atoms. The minimum atomic E-state index is -0.933. The van der Waals surface area contributed by atoms with Gasteiger partial charge in [-0.05, 0) is 49.7 Å². The van der Waals surface area contributed by atoms with Crippen molar-refractivity contribution in [1.82, 2.24) is 15.4 Å². The van der Waals surface area contributed by atoms with Crippen molar-refractivity contribution in [3.8, 4) is 11.3 Å². The summed E-state index contributed by atoms with van der Waals surface area (Å²) in [5.74, 6) is -2.34. The Morgan fingerprint density at radius 3 is 2.69 bits per heavy atom. The maximum atomic E-state index is 14.0. The normalized spacial score (nSPS) is 29.9. The molecule has 9 heteroatoms. The van der Waals surface area contributed by atoms with Gasteiger partial charge < -0.3 is 14.9 Å². The van der Waals surface area contributed by atoms with Gasteiger partial charge in [-0.3, -0.25) is 14.5 Å². The number of carbonyl (C=O) groups is 2. The highest BCUT2D eigenvalue weighted by molar-refractivity contribution is 5.93. The quantitative estimate of drug-likeness (QED) is 0.733. The number of amides is 1. The van der Waals surface area contributed by atoms with Gasteiger partial charge in [0.25, 0.3) is 5.91 Å². The number of nitrogens with zero attached hydrogens (tertiary/aromatic N) is 2. The lowest BCUT2D eigenvalue weighted by molar-refractivity contribution is -0.145. The summed E-state index contributed by atoms with van der Waals surface area (Å²) in [5, 5.41) is 16.3. The monoisotopic (exact) mass is 445 g/mol. The predicted octanol–water partition coefficient (Wildman–Crippen LogP) is 3.31. The Bertz CT molecular complexity index is 1040. The van der Waals surface area contributed by atoms with Crippen molar-refractivity contribution < 1.29 is 28.0 Å². The molecule has 0 radical (unpaired) electrons. The van der Waals surface area contributed by atoms with Crippen LogP contribution in [0.5, 0.6) is 0 Å². The molecule has 7 nitrogen and oxygen atoms in total. The van der Waals surface area contributed by atoms with E-state index in [1.807, 2.05) is 0 Å². The van der Waals surface area contributed by atoms with Crippen LogP contribution in [0, 0.1) is 29.4 Å². The summed E-state index contributed by atoms with van der Waals surface area (Å²) >= 11 is 0. The molecule has 2 bridgehead atoms. The summed E-state index contributed by atoms with van der Waals surface area (Å²) < 4.78 is 32.2. The highest BCUT2D eigenvalue weighted by Crippen LogP contribution is 2.47. The molecule has 2 N–H and O–H groups in total. The lowest BCUT2D eigenvalue weighted by Crippen LogP contribution is -2.56. The number of nitrogens with one attached hydrogen (secondary N) is 1. The van der Waals surface area contributed by atoms with E-state index >= 15 is 0 Å². The molecule has 3 unspecified atom stereocenters. The second-order valence-electron chi connectivity index (χ2n) is 9.25. The van der Waals surface area contributed by atoms with Gasteiger partial charge in [-0.15, -0.1) is 0 Å². The van der Waals surface area contributed by atoms with Crippen LogP contribution in [0.3, 0.4) is 0 Å². The molecule has 1 aromatic carbocycles. The smallest absolute Gasteiger partial charge is 0.309 e. The van der Waals surface area contributed by atoms with Crippen molar-refractivity contribution in [3.05, 3.63) is 41.6 Å². The van der Waals surface area contributed by atoms with Crippen LogP contribution in [0.4, 0.5) is 8.78 Å². The predicted molar refractivity (Wildman–Crippen MR) is 110 cm³/mol. The van der Waals surface area contributed by atoms with Gasteiger partial charge in [0.2, 0.25) is 0 Å². The molecule has 2 aliphatic carbocycles. The molecule has 0 spiro atoms. The zero-order valence-electron chi connectivity index (χ0n) is 17.5. The topological polar surface area (TPSA) is 95.7 Å². The fourth-order valence-corrected chi connectivity index (χ4v) is 5.80. The van der Waals surface area contributed by atoms with Crippen LogP contribution in [0.25, 0.3) is 11.3 Å². The first-order valence-corrected chi connectivity index (χ1v) is 11.1. The molecule has 1 aliphatic heterocycles. The number of carbonyl (C=O) groups excluding carboxylic acids is 1. The van der Waals surface area contributed by atoms with Crippen molar-refractivity contribution in [1.29, 1.82) is 0 Å². The fraction of sp³-hybridized carbons (Fsp3) is 0.522. The number of hydrogen-bond donors (Lipinski definition) is 2. The van der Waals surface area contributed by atoms with Crippen LogP contribution >= 0.6 is 0 Å². The number of aliphatic carboxylic acids is 1. The van der Waals surface area contributed by atoms with Gasteiger partial charge >= 0.3 is 5.97 Å². The number of likely N-dealkylation sites (tertiary alicyclic amines) is 1. The van der Waals surface area contributed by atoms with Gasteiger partial charge in [0.15, 0.2) is 11.5 Å². The van der Waals surface area contributed by atoms with E-state index in [4.69, 9.17) is 4.52 Å². The van der Waals surface area contributed by atoms with Gasteiger partial charge in [-0.1, -0.05) is 11.6 Å². The number of benzene rings is 1. The first-order chi connectivity index (χ1) is 15.4. The second-order valence-corrected chi connectivity index (χ2v) is 9.25. The molecule has 2 aromatic rings. The Kier molecular flexibility index (Phi) is 5.44.